The van der Waals surface area contributed by atoms with Gasteiger partial charge in [-0.25, -0.2) is 4.79 Å². The molecular formula is C10H10ClN3O2. The van der Waals surface area contributed by atoms with Crippen LogP contribution in [0.25, 0.3) is 11.0 Å². The molecule has 0 amide bonds. The quantitative estimate of drug-likeness (QED) is 0.750. The van der Waals surface area contributed by atoms with E-state index in [4.69, 9.17) is 16.3 Å². The van der Waals surface area contributed by atoms with Crippen LogP contribution in [0.5, 0.6) is 0 Å². The lowest BCUT2D eigenvalue weighted by atomic mass is 10.2. The Morgan fingerprint density at radius 2 is 2.31 bits per heavy atom. The molecule has 16 heavy (non-hydrogen) atoms. The molecule has 0 spiro atoms. The zero-order valence-electron chi connectivity index (χ0n) is 8.90. The highest BCUT2D eigenvalue weighted by molar-refractivity contribution is 6.37. The van der Waals surface area contributed by atoms with Crippen molar-refractivity contribution in [3.8, 4) is 0 Å². The number of aromatic nitrogens is 3. The van der Waals surface area contributed by atoms with E-state index in [-0.39, 0.29) is 5.56 Å². The molecule has 2 rings (SSSR count). The number of hydrogen-bond acceptors (Lipinski definition) is 4. The minimum absolute atomic E-state index is 0.264. The van der Waals surface area contributed by atoms with Gasteiger partial charge in [0.05, 0.1) is 23.4 Å². The number of pyridine rings is 1. The van der Waals surface area contributed by atoms with E-state index >= 15 is 0 Å². The molecule has 0 aliphatic carbocycles. The van der Waals surface area contributed by atoms with Crippen LogP contribution >= 0.6 is 11.6 Å². The van der Waals surface area contributed by atoms with Gasteiger partial charge in [0.25, 0.3) is 0 Å². The number of hydrogen-bond donors (Lipinski definition) is 0. The number of halogens is 1. The number of aryl methyl sites for hydroxylation is 1. The summed E-state index contributed by atoms with van der Waals surface area (Å²) in [5.74, 6) is -0.469. The molecule has 0 N–H and O–H groups in total. The zero-order valence-corrected chi connectivity index (χ0v) is 9.65. The predicted molar refractivity (Wildman–Crippen MR) is 59.5 cm³/mol. The van der Waals surface area contributed by atoms with Gasteiger partial charge in [-0.1, -0.05) is 11.6 Å². The van der Waals surface area contributed by atoms with Gasteiger partial charge in [-0.05, 0) is 6.92 Å². The maximum Gasteiger partial charge on any atom is 0.341 e. The van der Waals surface area contributed by atoms with Gasteiger partial charge < -0.3 is 4.74 Å². The van der Waals surface area contributed by atoms with Crippen molar-refractivity contribution in [2.24, 2.45) is 7.05 Å². The maximum atomic E-state index is 11.6. The van der Waals surface area contributed by atoms with Crippen molar-refractivity contribution in [1.29, 1.82) is 0 Å². The Morgan fingerprint density at radius 3 is 3.00 bits per heavy atom. The van der Waals surface area contributed by atoms with E-state index in [1.807, 2.05) is 0 Å². The highest BCUT2D eigenvalue weighted by atomic mass is 35.5. The van der Waals surface area contributed by atoms with Gasteiger partial charge in [0.2, 0.25) is 0 Å². The average molecular weight is 240 g/mol. The van der Waals surface area contributed by atoms with Gasteiger partial charge in [-0.3, -0.25) is 9.67 Å². The van der Waals surface area contributed by atoms with E-state index in [0.717, 1.165) is 0 Å². The largest absolute Gasteiger partial charge is 0.462 e. The molecule has 0 aliphatic heterocycles. The lowest BCUT2D eigenvalue weighted by Crippen LogP contribution is -2.06. The van der Waals surface area contributed by atoms with Gasteiger partial charge in [-0.2, -0.15) is 5.10 Å². The van der Waals surface area contributed by atoms with Crippen LogP contribution in [-0.4, -0.2) is 27.3 Å². The molecule has 0 bridgehead atoms. The fourth-order valence-electron chi connectivity index (χ4n) is 1.44. The molecule has 0 unspecified atom stereocenters. The predicted octanol–water partition coefficient (Wildman–Crippen LogP) is 1.80. The molecule has 6 heteroatoms. The standard InChI is InChI=1S/C10H10ClN3O2/c1-3-16-10(15)6-4-12-7-5-13-14(2)9(7)8(6)11/h4-5H,3H2,1-2H3. The molecule has 5 nitrogen and oxygen atoms in total. The third-order valence-corrected chi connectivity index (χ3v) is 2.57. The van der Waals surface area contributed by atoms with Gasteiger partial charge in [-0.15, -0.1) is 0 Å². The summed E-state index contributed by atoms with van der Waals surface area (Å²) < 4.78 is 6.46. The molecule has 0 saturated carbocycles. The van der Waals surface area contributed by atoms with E-state index in [0.29, 0.717) is 22.7 Å². The van der Waals surface area contributed by atoms with Crippen molar-refractivity contribution in [3.05, 3.63) is 23.0 Å². The van der Waals surface area contributed by atoms with Gasteiger partial charge in [0, 0.05) is 13.2 Å². The Hall–Kier alpha value is -1.62. The molecule has 0 aliphatic rings. The van der Waals surface area contributed by atoms with Gasteiger partial charge >= 0.3 is 5.97 Å². The molecule has 0 fully saturated rings. The number of fused-ring (bicyclic) bond motifs is 1. The Kier molecular flexibility index (Phi) is 2.78. The van der Waals surface area contributed by atoms with Crippen LogP contribution in [0.1, 0.15) is 17.3 Å². The molecule has 0 aromatic carbocycles. The van der Waals surface area contributed by atoms with Gasteiger partial charge in [0.15, 0.2) is 0 Å². The molecule has 0 atom stereocenters. The first-order valence-electron chi connectivity index (χ1n) is 4.78. The molecule has 2 aromatic heterocycles. The third kappa shape index (κ3) is 1.63. The lowest BCUT2D eigenvalue weighted by Gasteiger charge is -2.04. The lowest BCUT2D eigenvalue weighted by molar-refractivity contribution is 0.0526. The molecule has 2 aromatic rings. The van der Waals surface area contributed by atoms with Crippen LogP contribution in [0.2, 0.25) is 5.02 Å². The third-order valence-electron chi connectivity index (χ3n) is 2.19. The molecule has 2 heterocycles. The Bertz CT molecular complexity index is 550. The van der Waals surface area contributed by atoms with E-state index in [1.165, 1.54) is 6.20 Å². The number of carbonyl (C=O) groups is 1. The normalized spacial score (nSPS) is 10.7. The minimum atomic E-state index is -0.469. The van der Waals surface area contributed by atoms with Crippen LogP contribution in [0, 0.1) is 0 Å². The Balaban J connectivity index is 2.59. The first-order chi connectivity index (χ1) is 7.65. The monoisotopic (exact) mass is 239 g/mol. The molecular weight excluding hydrogens is 230 g/mol. The van der Waals surface area contributed by atoms with E-state index in [2.05, 4.69) is 10.1 Å². The second kappa shape index (κ2) is 4.09. The number of rotatable bonds is 2. The van der Waals surface area contributed by atoms with Crippen molar-refractivity contribution < 1.29 is 9.53 Å². The Labute approximate surface area is 97.0 Å². The fourth-order valence-corrected chi connectivity index (χ4v) is 1.79. The van der Waals surface area contributed by atoms with E-state index in [9.17, 15) is 4.79 Å². The number of carbonyl (C=O) groups excluding carboxylic acids is 1. The van der Waals surface area contributed by atoms with E-state index in [1.54, 1.807) is 24.9 Å². The van der Waals surface area contributed by atoms with Crippen LogP contribution in [0.4, 0.5) is 0 Å². The van der Waals surface area contributed by atoms with Crippen molar-refractivity contribution in [3.63, 3.8) is 0 Å². The summed E-state index contributed by atoms with van der Waals surface area (Å²) in [7, 11) is 1.74. The minimum Gasteiger partial charge on any atom is -0.462 e. The summed E-state index contributed by atoms with van der Waals surface area (Å²) in [6.07, 6.45) is 3.00. The van der Waals surface area contributed by atoms with Crippen LogP contribution in [-0.2, 0) is 11.8 Å². The van der Waals surface area contributed by atoms with Crippen LogP contribution < -0.4 is 0 Å². The summed E-state index contributed by atoms with van der Waals surface area (Å²) in [4.78, 5) is 15.7. The molecule has 0 radical (unpaired) electrons. The van der Waals surface area contributed by atoms with Crippen LogP contribution in [0.15, 0.2) is 12.4 Å². The smallest absolute Gasteiger partial charge is 0.341 e. The van der Waals surface area contributed by atoms with Crippen LogP contribution in [0.3, 0.4) is 0 Å². The van der Waals surface area contributed by atoms with Crippen molar-refractivity contribution in [2.45, 2.75) is 6.92 Å². The first kappa shape index (κ1) is 10.9. The highest BCUT2D eigenvalue weighted by Crippen LogP contribution is 2.25. The summed E-state index contributed by atoms with van der Waals surface area (Å²) in [6, 6.07) is 0. The molecule has 0 saturated heterocycles. The fraction of sp³-hybridized carbons (Fsp3) is 0.300. The molecule has 84 valence electrons. The average Bonchev–Trinajstić information content (AvgIpc) is 2.62. The van der Waals surface area contributed by atoms with E-state index < -0.39 is 5.97 Å². The highest BCUT2D eigenvalue weighted by Gasteiger charge is 2.17. The number of esters is 1. The second-order valence-electron chi connectivity index (χ2n) is 3.21. The Morgan fingerprint density at radius 1 is 1.56 bits per heavy atom. The second-order valence-corrected chi connectivity index (χ2v) is 3.59. The summed E-state index contributed by atoms with van der Waals surface area (Å²) >= 11 is 6.12. The van der Waals surface area contributed by atoms with Crippen molar-refractivity contribution in [2.75, 3.05) is 6.61 Å². The van der Waals surface area contributed by atoms with Crippen molar-refractivity contribution >= 4 is 28.6 Å². The summed E-state index contributed by atoms with van der Waals surface area (Å²) in [5, 5.41) is 4.34. The van der Waals surface area contributed by atoms with Crippen molar-refractivity contribution in [1.82, 2.24) is 14.8 Å². The SMILES string of the molecule is CCOC(=O)c1cnc2cnn(C)c2c1Cl. The van der Waals surface area contributed by atoms with Gasteiger partial charge in [0.1, 0.15) is 11.0 Å². The number of ether oxygens (including phenoxy) is 1. The first-order valence-corrected chi connectivity index (χ1v) is 5.16. The topological polar surface area (TPSA) is 57.0 Å². The number of nitrogens with zero attached hydrogens (tertiary/aromatic N) is 3. The maximum absolute atomic E-state index is 11.6. The summed E-state index contributed by atoms with van der Waals surface area (Å²) in [5.41, 5.74) is 1.55. The summed E-state index contributed by atoms with van der Waals surface area (Å²) in [6.45, 7) is 2.04. The zero-order chi connectivity index (χ0) is 11.7.